The van der Waals surface area contributed by atoms with Gasteiger partial charge >= 0.3 is 0 Å². The lowest BCUT2D eigenvalue weighted by Gasteiger charge is -2.09. The second-order valence-electron chi connectivity index (χ2n) is 2.78. The number of nitrogens with one attached hydrogen (secondary N) is 1. The molecule has 0 radical (unpaired) electrons. The second kappa shape index (κ2) is 4.06. The van der Waals surface area contributed by atoms with Gasteiger partial charge < -0.3 is 10.8 Å². The Balaban J connectivity index is 3.31. The molecule has 0 saturated carbocycles. The van der Waals surface area contributed by atoms with Crippen LogP contribution >= 0.6 is 22.6 Å². The average molecular weight is 290 g/mol. The summed E-state index contributed by atoms with van der Waals surface area (Å²) in [7, 11) is 0. The Labute approximate surface area is 90.6 Å². The third kappa shape index (κ3) is 2.00. The molecule has 0 spiro atoms. The van der Waals surface area contributed by atoms with Gasteiger partial charge in [-0.3, -0.25) is 5.41 Å². The minimum Gasteiger partial charge on any atom is -0.398 e. The highest BCUT2D eigenvalue weighted by molar-refractivity contribution is 14.1. The molecule has 0 heterocycles. The van der Waals surface area contributed by atoms with E-state index < -0.39 is 0 Å². The maximum Gasteiger partial charge on any atom is 0.101 e. The summed E-state index contributed by atoms with van der Waals surface area (Å²) in [5.41, 5.74) is 8.80. The maximum absolute atomic E-state index is 8.96. The molecular weight excluding hydrogens is 279 g/mol. The van der Waals surface area contributed by atoms with Gasteiger partial charge in [-0.2, -0.15) is 0 Å². The van der Waals surface area contributed by atoms with Crippen molar-refractivity contribution in [2.75, 3.05) is 5.73 Å². The summed E-state index contributed by atoms with van der Waals surface area (Å²) in [6, 6.07) is 3.57. The van der Waals surface area contributed by atoms with Crippen molar-refractivity contribution in [3.63, 3.8) is 0 Å². The largest absolute Gasteiger partial charge is 0.398 e. The molecule has 3 nitrogen and oxygen atoms in total. The first-order valence-electron chi connectivity index (χ1n) is 3.81. The third-order valence-corrected chi connectivity index (χ3v) is 2.61. The first kappa shape index (κ1) is 10.5. The Bertz CT molecular complexity index is 350. The van der Waals surface area contributed by atoms with Crippen LogP contribution in [0.25, 0.3) is 0 Å². The number of nitrogen functional groups attached to an aromatic ring is 1. The molecule has 0 amide bonds. The average Bonchev–Trinajstić information content (AvgIpc) is 2.09. The number of aliphatic hydroxyl groups excluding tert-OH is 1. The minimum absolute atomic E-state index is 0.00904. The number of rotatable bonds is 2. The van der Waals surface area contributed by atoms with Gasteiger partial charge in [0.2, 0.25) is 0 Å². The van der Waals surface area contributed by atoms with Crippen molar-refractivity contribution < 1.29 is 5.11 Å². The monoisotopic (exact) mass is 290 g/mol. The van der Waals surface area contributed by atoms with Crippen LogP contribution in [0.4, 0.5) is 5.69 Å². The molecule has 1 aromatic rings. The number of hydrogen-bond donors (Lipinski definition) is 3. The highest BCUT2D eigenvalue weighted by atomic mass is 127. The fourth-order valence-corrected chi connectivity index (χ4v) is 1.61. The van der Waals surface area contributed by atoms with E-state index in [2.05, 4.69) is 0 Å². The number of hydrogen-bond acceptors (Lipinski definition) is 3. The Kier molecular flexibility index (Phi) is 3.27. The summed E-state index contributed by atoms with van der Waals surface area (Å²) in [5.74, 6) is 0. The van der Waals surface area contributed by atoms with E-state index in [1.807, 2.05) is 29.5 Å². The summed E-state index contributed by atoms with van der Waals surface area (Å²) >= 11 is 1.92. The molecule has 0 fully saturated rings. The summed E-state index contributed by atoms with van der Waals surface area (Å²) in [5, 5.41) is 16.4. The highest BCUT2D eigenvalue weighted by Gasteiger charge is 2.08. The van der Waals surface area contributed by atoms with Crippen LogP contribution in [-0.2, 0) is 6.61 Å². The summed E-state index contributed by atoms with van der Waals surface area (Å²) < 4.78 is 0.419. The molecule has 0 aliphatic heterocycles. The van der Waals surface area contributed by atoms with Gasteiger partial charge in [0.15, 0.2) is 0 Å². The Hall–Kier alpha value is -0.620. The van der Waals surface area contributed by atoms with Crippen LogP contribution < -0.4 is 5.73 Å². The summed E-state index contributed by atoms with van der Waals surface area (Å²) in [4.78, 5) is 0. The van der Waals surface area contributed by atoms with Crippen LogP contribution in [0.2, 0.25) is 0 Å². The first-order valence-corrected chi connectivity index (χ1v) is 4.89. The number of nitrogens with two attached hydrogens (primary N) is 1. The van der Waals surface area contributed by atoms with Crippen molar-refractivity contribution in [3.05, 3.63) is 28.8 Å². The van der Waals surface area contributed by atoms with Gasteiger partial charge in [0.05, 0.1) is 6.61 Å². The molecule has 0 unspecified atom stereocenters. The van der Waals surface area contributed by atoms with Crippen LogP contribution in [0.15, 0.2) is 12.1 Å². The predicted molar refractivity (Wildman–Crippen MR) is 62.4 cm³/mol. The van der Waals surface area contributed by atoms with Crippen LogP contribution in [0.1, 0.15) is 16.7 Å². The molecule has 0 atom stereocenters. The Morgan fingerprint density at radius 1 is 1.62 bits per heavy atom. The normalized spacial score (nSPS) is 10.1. The van der Waals surface area contributed by atoms with Crippen molar-refractivity contribution in [1.82, 2.24) is 0 Å². The SMILES string of the molecule is Cc1c(CO)ccc(C(=N)I)c1N. The maximum atomic E-state index is 8.96. The zero-order valence-corrected chi connectivity index (χ0v) is 9.42. The van der Waals surface area contributed by atoms with E-state index in [4.69, 9.17) is 16.2 Å². The van der Waals surface area contributed by atoms with Crippen molar-refractivity contribution >= 4 is 32.0 Å². The molecule has 0 bridgehead atoms. The van der Waals surface area contributed by atoms with E-state index in [0.717, 1.165) is 16.7 Å². The van der Waals surface area contributed by atoms with Gasteiger partial charge in [-0.1, -0.05) is 6.07 Å². The highest BCUT2D eigenvalue weighted by Crippen LogP contribution is 2.23. The van der Waals surface area contributed by atoms with Crippen molar-refractivity contribution in [3.8, 4) is 0 Å². The van der Waals surface area contributed by atoms with E-state index in [9.17, 15) is 0 Å². The van der Waals surface area contributed by atoms with Crippen molar-refractivity contribution in [2.24, 2.45) is 0 Å². The van der Waals surface area contributed by atoms with Crippen LogP contribution in [0.5, 0.6) is 0 Å². The number of aliphatic hydroxyl groups is 1. The van der Waals surface area contributed by atoms with Gasteiger partial charge in [0.25, 0.3) is 0 Å². The number of halogens is 1. The van der Waals surface area contributed by atoms with Gasteiger partial charge in [-0.15, -0.1) is 0 Å². The van der Waals surface area contributed by atoms with Crippen molar-refractivity contribution in [2.45, 2.75) is 13.5 Å². The molecule has 1 rings (SSSR count). The van der Waals surface area contributed by atoms with Gasteiger partial charge in [0.1, 0.15) is 3.72 Å². The molecule has 0 saturated heterocycles. The lowest BCUT2D eigenvalue weighted by Crippen LogP contribution is -2.02. The lowest BCUT2D eigenvalue weighted by molar-refractivity contribution is 0.281. The van der Waals surface area contributed by atoms with Gasteiger partial charge in [-0.25, -0.2) is 0 Å². The molecule has 0 aliphatic carbocycles. The lowest BCUT2D eigenvalue weighted by atomic mass is 10.0. The Morgan fingerprint density at radius 2 is 2.23 bits per heavy atom. The molecule has 70 valence electrons. The fourth-order valence-electron chi connectivity index (χ4n) is 1.14. The molecule has 0 aliphatic rings. The van der Waals surface area contributed by atoms with Crippen molar-refractivity contribution in [1.29, 1.82) is 5.41 Å². The molecule has 1 aromatic carbocycles. The van der Waals surface area contributed by atoms with E-state index in [1.54, 1.807) is 12.1 Å². The van der Waals surface area contributed by atoms with Crippen LogP contribution in [0.3, 0.4) is 0 Å². The second-order valence-corrected chi connectivity index (χ2v) is 3.86. The zero-order chi connectivity index (χ0) is 10.0. The predicted octanol–water partition coefficient (Wildman–Crippen LogP) is 1.83. The molecule has 13 heavy (non-hydrogen) atoms. The van der Waals surface area contributed by atoms with Gasteiger partial charge in [-0.05, 0) is 46.7 Å². The number of anilines is 1. The van der Waals surface area contributed by atoms with Crippen LogP contribution in [0, 0.1) is 12.3 Å². The molecule has 0 aromatic heterocycles. The van der Waals surface area contributed by atoms with E-state index in [0.29, 0.717) is 9.41 Å². The Morgan fingerprint density at radius 3 is 2.69 bits per heavy atom. The number of benzene rings is 1. The van der Waals surface area contributed by atoms with E-state index >= 15 is 0 Å². The summed E-state index contributed by atoms with van der Waals surface area (Å²) in [6.07, 6.45) is 0. The topological polar surface area (TPSA) is 70.1 Å². The van der Waals surface area contributed by atoms with E-state index in [1.165, 1.54) is 0 Å². The van der Waals surface area contributed by atoms with E-state index in [-0.39, 0.29) is 6.61 Å². The molecule has 4 heteroatoms. The molecule has 4 N–H and O–H groups in total. The minimum atomic E-state index is -0.00904. The van der Waals surface area contributed by atoms with Gasteiger partial charge in [0, 0.05) is 11.3 Å². The fraction of sp³-hybridized carbons (Fsp3) is 0.222. The third-order valence-electron chi connectivity index (χ3n) is 2.03. The first-order chi connectivity index (χ1) is 6.07. The standard InChI is InChI=1S/C9H11IN2O/c1-5-6(4-13)2-3-7(8(5)11)9(10)12/h2-3,12-13H,4,11H2,1H3. The smallest absolute Gasteiger partial charge is 0.101 e. The zero-order valence-electron chi connectivity index (χ0n) is 7.26. The summed E-state index contributed by atoms with van der Waals surface area (Å²) in [6.45, 7) is 1.84. The molecular formula is C9H11IN2O. The van der Waals surface area contributed by atoms with Crippen LogP contribution in [-0.4, -0.2) is 8.82 Å². The quantitative estimate of drug-likeness (QED) is 0.442.